The minimum atomic E-state index is -1.71. The first-order valence-corrected chi connectivity index (χ1v) is 7.37. The Labute approximate surface area is 130 Å². The van der Waals surface area contributed by atoms with Gasteiger partial charge in [0.05, 0.1) is 6.10 Å². The van der Waals surface area contributed by atoms with E-state index in [0.29, 0.717) is 16.8 Å². The second-order valence-electron chi connectivity index (χ2n) is 5.13. The van der Waals surface area contributed by atoms with Gasteiger partial charge in [-0.2, -0.15) is 0 Å². The molecule has 5 heteroatoms. The molecule has 2 aromatic rings. The van der Waals surface area contributed by atoms with Gasteiger partial charge in [-0.05, 0) is 23.8 Å². The molecule has 1 aliphatic heterocycles. The van der Waals surface area contributed by atoms with E-state index in [1.54, 1.807) is 36.4 Å². The van der Waals surface area contributed by atoms with Gasteiger partial charge in [-0.25, -0.2) is 0 Å². The van der Waals surface area contributed by atoms with Crippen LogP contribution in [0.15, 0.2) is 53.0 Å². The molecule has 2 atom stereocenters. The van der Waals surface area contributed by atoms with E-state index in [1.165, 1.54) is 0 Å². The molecule has 0 saturated heterocycles. The van der Waals surface area contributed by atoms with Gasteiger partial charge in [0, 0.05) is 22.1 Å². The van der Waals surface area contributed by atoms with E-state index < -0.39 is 17.6 Å². The number of carbonyl (C=O) groups is 1. The Kier molecular flexibility index (Phi) is 3.57. The van der Waals surface area contributed by atoms with E-state index in [2.05, 4.69) is 21.2 Å². The third-order valence-electron chi connectivity index (χ3n) is 3.74. The summed E-state index contributed by atoms with van der Waals surface area (Å²) in [6.45, 7) is 0. The Morgan fingerprint density at radius 3 is 2.52 bits per heavy atom. The van der Waals surface area contributed by atoms with E-state index in [9.17, 15) is 15.0 Å². The Hall–Kier alpha value is -1.69. The lowest BCUT2D eigenvalue weighted by atomic mass is 9.87. The first kappa shape index (κ1) is 14.3. The maximum absolute atomic E-state index is 12.1. The van der Waals surface area contributed by atoms with Crippen LogP contribution < -0.4 is 5.32 Å². The van der Waals surface area contributed by atoms with Crippen LogP contribution in [0.3, 0.4) is 0 Å². The number of aliphatic hydroxyl groups is 2. The molecule has 0 bridgehead atoms. The van der Waals surface area contributed by atoms with E-state index in [-0.39, 0.29) is 6.42 Å². The van der Waals surface area contributed by atoms with Crippen molar-refractivity contribution in [2.24, 2.45) is 0 Å². The third kappa shape index (κ3) is 2.48. The number of benzene rings is 2. The molecule has 1 heterocycles. The lowest BCUT2D eigenvalue weighted by Gasteiger charge is -2.24. The van der Waals surface area contributed by atoms with Crippen LogP contribution in [0.2, 0.25) is 0 Å². The van der Waals surface area contributed by atoms with Crippen LogP contribution in [-0.4, -0.2) is 16.1 Å². The average Bonchev–Trinajstić information content (AvgIpc) is 2.71. The number of rotatable bonds is 3. The summed E-state index contributed by atoms with van der Waals surface area (Å²) < 4.78 is 0.904. The van der Waals surface area contributed by atoms with Crippen molar-refractivity contribution in [1.82, 2.24) is 0 Å². The Morgan fingerprint density at radius 1 is 1.14 bits per heavy atom. The number of anilines is 1. The number of para-hydroxylation sites is 1. The molecule has 108 valence electrons. The van der Waals surface area contributed by atoms with E-state index in [0.717, 1.165) is 4.47 Å². The number of carbonyl (C=O) groups excluding carboxylic acids is 1. The van der Waals surface area contributed by atoms with Crippen molar-refractivity contribution in [2.45, 2.75) is 18.1 Å². The van der Waals surface area contributed by atoms with Gasteiger partial charge in [0.15, 0.2) is 5.60 Å². The first-order valence-electron chi connectivity index (χ1n) is 6.57. The zero-order chi connectivity index (χ0) is 15.0. The lowest BCUT2D eigenvalue weighted by molar-refractivity contribution is -0.137. The molecule has 3 N–H and O–H groups in total. The maximum Gasteiger partial charge on any atom is 0.261 e. The third-order valence-corrected chi connectivity index (χ3v) is 4.27. The molecule has 0 aliphatic carbocycles. The van der Waals surface area contributed by atoms with Gasteiger partial charge >= 0.3 is 0 Å². The minimum Gasteiger partial charge on any atom is -0.388 e. The van der Waals surface area contributed by atoms with Crippen molar-refractivity contribution in [3.8, 4) is 0 Å². The number of nitrogens with one attached hydrogen (secondary N) is 1. The van der Waals surface area contributed by atoms with Crippen LogP contribution in [0.25, 0.3) is 0 Å². The molecule has 1 amide bonds. The highest BCUT2D eigenvalue weighted by Crippen LogP contribution is 2.41. The van der Waals surface area contributed by atoms with Crippen molar-refractivity contribution < 1.29 is 15.0 Å². The minimum absolute atomic E-state index is 0.0858. The summed E-state index contributed by atoms with van der Waals surface area (Å²) >= 11 is 3.33. The summed E-state index contributed by atoms with van der Waals surface area (Å²) in [5, 5.41) is 23.7. The molecule has 2 unspecified atom stereocenters. The van der Waals surface area contributed by atoms with E-state index in [4.69, 9.17) is 0 Å². The van der Waals surface area contributed by atoms with E-state index in [1.807, 2.05) is 12.1 Å². The van der Waals surface area contributed by atoms with Crippen LogP contribution in [0.1, 0.15) is 23.7 Å². The molecule has 0 spiro atoms. The predicted molar refractivity (Wildman–Crippen MR) is 82.7 cm³/mol. The fraction of sp³-hybridized carbons (Fsp3) is 0.188. The van der Waals surface area contributed by atoms with E-state index >= 15 is 0 Å². The summed E-state index contributed by atoms with van der Waals surface area (Å²) in [7, 11) is 0. The molecule has 4 nitrogen and oxygen atoms in total. The van der Waals surface area contributed by atoms with Crippen molar-refractivity contribution >= 4 is 27.5 Å². The molecule has 0 radical (unpaired) electrons. The van der Waals surface area contributed by atoms with Crippen LogP contribution >= 0.6 is 15.9 Å². The Morgan fingerprint density at radius 2 is 1.81 bits per heavy atom. The Balaban J connectivity index is 1.90. The van der Waals surface area contributed by atoms with Gasteiger partial charge in [0.2, 0.25) is 0 Å². The highest BCUT2D eigenvalue weighted by molar-refractivity contribution is 9.10. The normalized spacial score (nSPS) is 21.8. The fourth-order valence-electron chi connectivity index (χ4n) is 2.59. The van der Waals surface area contributed by atoms with Gasteiger partial charge in [-0.3, -0.25) is 4.79 Å². The molecule has 21 heavy (non-hydrogen) atoms. The van der Waals surface area contributed by atoms with Crippen LogP contribution in [0.5, 0.6) is 0 Å². The lowest BCUT2D eigenvalue weighted by Crippen LogP contribution is -2.35. The quantitative estimate of drug-likeness (QED) is 0.799. The zero-order valence-corrected chi connectivity index (χ0v) is 12.7. The summed E-state index contributed by atoms with van der Waals surface area (Å²) in [6, 6.07) is 14.1. The number of fused-ring (bicyclic) bond motifs is 1. The molecule has 0 fully saturated rings. The largest absolute Gasteiger partial charge is 0.388 e. The molecule has 3 rings (SSSR count). The highest BCUT2D eigenvalue weighted by Gasteiger charge is 2.46. The smallest absolute Gasteiger partial charge is 0.261 e. The van der Waals surface area contributed by atoms with Crippen molar-refractivity contribution in [1.29, 1.82) is 0 Å². The molecule has 1 aliphatic rings. The molecule has 0 saturated carbocycles. The molecular weight excluding hydrogens is 334 g/mol. The monoisotopic (exact) mass is 347 g/mol. The summed E-state index contributed by atoms with van der Waals surface area (Å²) in [6.07, 6.45) is -1.02. The zero-order valence-electron chi connectivity index (χ0n) is 11.1. The Bertz CT molecular complexity index is 686. The van der Waals surface area contributed by atoms with Crippen molar-refractivity contribution in [3.63, 3.8) is 0 Å². The standard InChI is InChI=1S/C16H14BrNO3/c17-11-7-5-10(6-8-11)14(19)9-16(21)12-3-1-2-4-13(12)18-15(16)20/h1-8,14,19,21H,9H2,(H,18,20). The maximum atomic E-state index is 12.1. The SMILES string of the molecule is O=C1Nc2ccccc2C1(O)CC(O)c1ccc(Br)cc1. The fourth-order valence-corrected chi connectivity index (χ4v) is 2.85. The van der Waals surface area contributed by atoms with Gasteiger partial charge < -0.3 is 15.5 Å². The first-order chi connectivity index (χ1) is 10.0. The number of hydrogen-bond donors (Lipinski definition) is 3. The van der Waals surface area contributed by atoms with Gasteiger partial charge in [-0.1, -0.05) is 46.3 Å². The highest BCUT2D eigenvalue weighted by atomic mass is 79.9. The predicted octanol–water partition coefficient (Wildman–Crippen LogP) is 2.71. The van der Waals surface area contributed by atoms with Gasteiger partial charge in [-0.15, -0.1) is 0 Å². The summed E-state index contributed by atoms with van der Waals surface area (Å²) in [5.74, 6) is -0.500. The number of hydrogen-bond acceptors (Lipinski definition) is 3. The number of halogens is 1. The average molecular weight is 348 g/mol. The van der Waals surface area contributed by atoms with Gasteiger partial charge in [0.1, 0.15) is 0 Å². The topological polar surface area (TPSA) is 69.6 Å². The van der Waals surface area contributed by atoms with Gasteiger partial charge in [0.25, 0.3) is 5.91 Å². The van der Waals surface area contributed by atoms with Crippen molar-refractivity contribution in [2.75, 3.05) is 5.32 Å². The van der Waals surface area contributed by atoms with Crippen LogP contribution in [0, 0.1) is 0 Å². The molecule has 0 aromatic heterocycles. The second-order valence-corrected chi connectivity index (χ2v) is 6.05. The molecular formula is C16H14BrNO3. The molecule has 2 aromatic carbocycles. The van der Waals surface area contributed by atoms with Crippen LogP contribution in [0.4, 0.5) is 5.69 Å². The summed E-state index contributed by atoms with van der Waals surface area (Å²) in [4.78, 5) is 12.1. The second kappa shape index (κ2) is 5.26. The van der Waals surface area contributed by atoms with Crippen molar-refractivity contribution in [3.05, 3.63) is 64.1 Å². The van der Waals surface area contributed by atoms with Crippen LogP contribution in [-0.2, 0) is 10.4 Å². The number of amides is 1. The summed E-state index contributed by atoms with van der Waals surface area (Å²) in [5.41, 5.74) is 0.0475. The number of aliphatic hydroxyl groups excluding tert-OH is 1.